The van der Waals surface area contributed by atoms with Gasteiger partial charge in [0, 0.05) is 30.8 Å². The summed E-state index contributed by atoms with van der Waals surface area (Å²) in [5.74, 6) is -0.773. The van der Waals surface area contributed by atoms with Crippen LogP contribution in [0.1, 0.15) is 15.9 Å². The molecule has 134 valence electrons. The van der Waals surface area contributed by atoms with Crippen LogP contribution in [-0.4, -0.2) is 28.9 Å². The number of halogens is 1. The third-order valence-electron chi connectivity index (χ3n) is 3.70. The molecule has 1 amide bonds. The maximum absolute atomic E-state index is 13.5. The van der Waals surface area contributed by atoms with Gasteiger partial charge >= 0.3 is 0 Å². The minimum absolute atomic E-state index is 0.0188. The number of amides is 1. The molecule has 1 heterocycles. The summed E-state index contributed by atoms with van der Waals surface area (Å²) in [6.07, 6.45) is 0. The number of aromatic nitrogens is 1. The number of aryl methyl sites for hydroxylation is 1. The molecule has 0 saturated carbocycles. The molecule has 0 unspecified atom stereocenters. The summed E-state index contributed by atoms with van der Waals surface area (Å²) < 4.78 is 14.2. The number of rotatable bonds is 6. The number of hydrogen-bond donors (Lipinski definition) is 2. The Hall–Kier alpha value is -3.07. The molecule has 26 heavy (non-hydrogen) atoms. The molecule has 0 saturated heterocycles. The second-order valence-electron chi connectivity index (χ2n) is 5.57. The van der Waals surface area contributed by atoms with Crippen LogP contribution in [0.3, 0.4) is 0 Å². The molecular weight excluding hydrogens is 359 g/mol. The number of anilines is 1. The summed E-state index contributed by atoms with van der Waals surface area (Å²) in [5.41, 5.74) is 1.44. The van der Waals surface area contributed by atoms with E-state index in [9.17, 15) is 19.3 Å². The lowest BCUT2D eigenvalue weighted by molar-refractivity contribution is -0.384. The zero-order chi connectivity index (χ0) is 18.7. The molecule has 0 aliphatic carbocycles. The number of nitrogens with zero attached hydrogens (tertiary/aromatic N) is 2. The summed E-state index contributed by atoms with van der Waals surface area (Å²) in [5, 5.41) is 17.2. The topological polar surface area (TPSA) is 97.2 Å². The predicted octanol–water partition coefficient (Wildman–Crippen LogP) is 3.49. The molecule has 3 rings (SSSR count). The van der Waals surface area contributed by atoms with Gasteiger partial charge in [-0.1, -0.05) is 17.4 Å². The van der Waals surface area contributed by atoms with Gasteiger partial charge in [0.15, 0.2) is 5.13 Å². The summed E-state index contributed by atoms with van der Waals surface area (Å²) in [6, 6.07) is 8.82. The Kier molecular flexibility index (Phi) is 5.08. The first-order valence-corrected chi connectivity index (χ1v) is 8.59. The molecule has 2 N–H and O–H groups in total. The average molecular weight is 374 g/mol. The molecular formula is C17H15FN4O3S. The second-order valence-corrected chi connectivity index (χ2v) is 6.61. The van der Waals surface area contributed by atoms with E-state index in [0.717, 1.165) is 0 Å². The molecule has 9 heteroatoms. The third-order valence-corrected chi connectivity index (χ3v) is 4.68. The molecule has 0 spiro atoms. The van der Waals surface area contributed by atoms with Crippen LogP contribution >= 0.6 is 11.3 Å². The third kappa shape index (κ3) is 3.94. The Morgan fingerprint density at radius 2 is 2.08 bits per heavy atom. The van der Waals surface area contributed by atoms with Gasteiger partial charge in [-0.3, -0.25) is 14.9 Å². The van der Waals surface area contributed by atoms with E-state index in [2.05, 4.69) is 15.6 Å². The van der Waals surface area contributed by atoms with E-state index in [1.54, 1.807) is 25.1 Å². The first-order chi connectivity index (χ1) is 12.4. The van der Waals surface area contributed by atoms with Crippen molar-refractivity contribution in [3.63, 3.8) is 0 Å². The highest BCUT2D eigenvalue weighted by molar-refractivity contribution is 7.22. The van der Waals surface area contributed by atoms with Gasteiger partial charge in [0.05, 0.1) is 15.1 Å². The van der Waals surface area contributed by atoms with Crippen molar-refractivity contribution in [3.8, 4) is 0 Å². The fraction of sp³-hybridized carbons (Fsp3) is 0.176. The quantitative estimate of drug-likeness (QED) is 0.391. The minimum Gasteiger partial charge on any atom is -0.360 e. The van der Waals surface area contributed by atoms with Gasteiger partial charge in [0.25, 0.3) is 11.6 Å². The van der Waals surface area contributed by atoms with Crippen LogP contribution < -0.4 is 10.6 Å². The Bertz CT molecular complexity index is 989. The standard InChI is InChI=1S/C17H15FN4O3S/c1-10-2-3-11(8-13(10)18)16(23)19-6-7-20-17-21-14-5-4-12(22(24)25)9-15(14)26-17/h2-5,8-9H,6-7H2,1H3,(H,19,23)(H,20,21). The lowest BCUT2D eigenvalue weighted by Gasteiger charge is -2.06. The maximum Gasteiger partial charge on any atom is 0.270 e. The summed E-state index contributed by atoms with van der Waals surface area (Å²) in [6.45, 7) is 2.37. The van der Waals surface area contributed by atoms with E-state index in [1.165, 1.54) is 29.5 Å². The fourth-order valence-electron chi connectivity index (χ4n) is 2.28. The number of benzene rings is 2. The molecule has 3 aromatic rings. The van der Waals surface area contributed by atoms with Crippen LogP contribution in [0, 0.1) is 22.9 Å². The lowest BCUT2D eigenvalue weighted by atomic mass is 10.1. The molecule has 7 nitrogen and oxygen atoms in total. The van der Waals surface area contributed by atoms with Gasteiger partial charge in [0.2, 0.25) is 0 Å². The van der Waals surface area contributed by atoms with Gasteiger partial charge in [-0.25, -0.2) is 9.37 Å². The van der Waals surface area contributed by atoms with Crippen LogP contribution in [0.15, 0.2) is 36.4 Å². The SMILES string of the molecule is Cc1ccc(C(=O)NCCNc2nc3ccc([N+](=O)[O-])cc3s2)cc1F. The minimum atomic E-state index is -0.449. The highest BCUT2D eigenvalue weighted by Gasteiger charge is 2.11. The molecule has 0 aliphatic rings. The molecule has 0 radical (unpaired) electrons. The van der Waals surface area contributed by atoms with E-state index in [-0.39, 0.29) is 17.2 Å². The zero-order valence-electron chi connectivity index (χ0n) is 13.8. The average Bonchev–Trinajstić information content (AvgIpc) is 3.02. The molecule has 0 aliphatic heterocycles. The Morgan fingerprint density at radius 3 is 2.81 bits per heavy atom. The van der Waals surface area contributed by atoms with Crippen molar-refractivity contribution >= 4 is 38.3 Å². The maximum atomic E-state index is 13.5. The smallest absolute Gasteiger partial charge is 0.270 e. The zero-order valence-corrected chi connectivity index (χ0v) is 14.6. The predicted molar refractivity (Wildman–Crippen MR) is 98.2 cm³/mol. The van der Waals surface area contributed by atoms with Crippen LogP contribution in [0.25, 0.3) is 10.2 Å². The summed E-state index contributed by atoms with van der Waals surface area (Å²) in [7, 11) is 0. The first-order valence-electron chi connectivity index (χ1n) is 7.77. The highest BCUT2D eigenvalue weighted by atomic mass is 32.1. The number of nitro groups is 1. The lowest BCUT2D eigenvalue weighted by Crippen LogP contribution is -2.28. The van der Waals surface area contributed by atoms with Crippen molar-refractivity contribution in [1.82, 2.24) is 10.3 Å². The highest BCUT2D eigenvalue weighted by Crippen LogP contribution is 2.28. The van der Waals surface area contributed by atoms with Crippen LogP contribution in [0.4, 0.5) is 15.2 Å². The van der Waals surface area contributed by atoms with Gasteiger partial charge in [-0.15, -0.1) is 0 Å². The Balaban J connectivity index is 1.54. The van der Waals surface area contributed by atoms with Crippen molar-refractivity contribution in [2.45, 2.75) is 6.92 Å². The van der Waals surface area contributed by atoms with E-state index in [4.69, 9.17) is 0 Å². The number of fused-ring (bicyclic) bond motifs is 1. The van der Waals surface area contributed by atoms with E-state index in [0.29, 0.717) is 34.0 Å². The number of hydrogen-bond acceptors (Lipinski definition) is 6. The van der Waals surface area contributed by atoms with Crippen LogP contribution in [0.5, 0.6) is 0 Å². The number of nitrogens with one attached hydrogen (secondary N) is 2. The molecule has 1 aromatic heterocycles. The second kappa shape index (κ2) is 7.44. The summed E-state index contributed by atoms with van der Waals surface area (Å²) >= 11 is 1.30. The van der Waals surface area contributed by atoms with Crippen LogP contribution in [-0.2, 0) is 0 Å². The number of non-ortho nitro benzene ring substituents is 1. The van der Waals surface area contributed by atoms with Crippen molar-refractivity contribution in [2.24, 2.45) is 0 Å². The normalized spacial score (nSPS) is 10.7. The Labute approximate surface area is 152 Å². The largest absolute Gasteiger partial charge is 0.360 e. The van der Waals surface area contributed by atoms with Crippen molar-refractivity contribution in [2.75, 3.05) is 18.4 Å². The molecule has 0 atom stereocenters. The molecule has 2 aromatic carbocycles. The molecule has 0 bridgehead atoms. The van der Waals surface area contributed by atoms with Gasteiger partial charge in [-0.2, -0.15) is 0 Å². The number of carbonyl (C=O) groups excluding carboxylic acids is 1. The first kappa shape index (κ1) is 17.7. The number of thiazole rings is 1. The number of nitro benzene ring substituents is 1. The van der Waals surface area contributed by atoms with E-state index in [1.807, 2.05) is 0 Å². The summed E-state index contributed by atoms with van der Waals surface area (Å²) in [4.78, 5) is 26.7. The van der Waals surface area contributed by atoms with Gasteiger partial charge < -0.3 is 10.6 Å². The van der Waals surface area contributed by atoms with Crippen molar-refractivity contribution in [1.29, 1.82) is 0 Å². The van der Waals surface area contributed by atoms with Crippen molar-refractivity contribution in [3.05, 3.63) is 63.5 Å². The van der Waals surface area contributed by atoms with Gasteiger partial charge in [-0.05, 0) is 30.7 Å². The Morgan fingerprint density at radius 1 is 1.27 bits per heavy atom. The van der Waals surface area contributed by atoms with Gasteiger partial charge in [0.1, 0.15) is 5.82 Å². The fourth-order valence-corrected chi connectivity index (χ4v) is 3.21. The van der Waals surface area contributed by atoms with Crippen molar-refractivity contribution < 1.29 is 14.1 Å². The monoisotopic (exact) mass is 374 g/mol. The number of carbonyl (C=O) groups is 1. The molecule has 0 fully saturated rings. The van der Waals surface area contributed by atoms with E-state index >= 15 is 0 Å². The van der Waals surface area contributed by atoms with E-state index < -0.39 is 10.7 Å². The van der Waals surface area contributed by atoms with Crippen LogP contribution in [0.2, 0.25) is 0 Å².